The van der Waals surface area contributed by atoms with Gasteiger partial charge in [-0.3, -0.25) is 4.79 Å². The van der Waals surface area contributed by atoms with Crippen molar-refractivity contribution in [3.63, 3.8) is 0 Å². The van der Waals surface area contributed by atoms with Gasteiger partial charge in [0.2, 0.25) is 0 Å². The van der Waals surface area contributed by atoms with Crippen LogP contribution < -0.4 is 10.1 Å². The maximum absolute atomic E-state index is 12.7. The zero-order valence-electron chi connectivity index (χ0n) is 10.4. The molecule has 1 aromatic carbocycles. The number of halogens is 1. The van der Waals surface area contributed by atoms with Crippen LogP contribution in [0, 0.1) is 0 Å². The minimum Gasteiger partial charge on any atom is -0.487 e. The van der Waals surface area contributed by atoms with Crippen molar-refractivity contribution in [2.75, 3.05) is 0 Å². The first-order chi connectivity index (χ1) is 8.50. The topological polar surface area (TPSA) is 38.3 Å². The number of amides is 1. The summed E-state index contributed by atoms with van der Waals surface area (Å²) in [4.78, 5) is 11.2. The average molecular weight is 249 g/mol. The summed E-state index contributed by atoms with van der Waals surface area (Å²) < 4.78 is 18.4. The summed E-state index contributed by atoms with van der Waals surface area (Å²) in [6.07, 6.45) is -0.189. The molecule has 0 aliphatic carbocycles. The quantitative estimate of drug-likeness (QED) is 0.836. The first-order valence-electron chi connectivity index (χ1n) is 5.91. The van der Waals surface area contributed by atoms with Gasteiger partial charge in [-0.25, -0.2) is 4.39 Å². The number of rotatable bonds is 3. The number of ether oxygens (including phenoxy) is 1. The molecule has 0 saturated carbocycles. The number of nitrogens with one attached hydrogen (secondary N) is 1. The molecule has 1 N–H and O–H groups in total. The molecule has 3 nitrogen and oxygen atoms in total. The van der Waals surface area contributed by atoms with Crippen LogP contribution in [0.3, 0.4) is 0 Å². The van der Waals surface area contributed by atoms with Crippen molar-refractivity contribution in [1.29, 1.82) is 0 Å². The van der Waals surface area contributed by atoms with E-state index in [-0.39, 0.29) is 18.1 Å². The van der Waals surface area contributed by atoms with Crippen molar-refractivity contribution in [1.82, 2.24) is 5.32 Å². The second-order valence-corrected chi connectivity index (χ2v) is 4.58. The molecule has 0 bridgehead atoms. The molecule has 0 fully saturated rings. The van der Waals surface area contributed by atoms with Crippen molar-refractivity contribution in [3.8, 4) is 5.75 Å². The lowest BCUT2D eigenvalue weighted by Gasteiger charge is -2.23. The minimum absolute atomic E-state index is 0.157. The van der Waals surface area contributed by atoms with Gasteiger partial charge in [0.05, 0.1) is 6.04 Å². The molecule has 1 heterocycles. The van der Waals surface area contributed by atoms with Crippen molar-refractivity contribution in [2.45, 2.75) is 31.9 Å². The molecule has 3 unspecified atom stereocenters. The van der Waals surface area contributed by atoms with Gasteiger partial charge in [0.1, 0.15) is 11.9 Å². The molecule has 4 heteroatoms. The number of carbonyl (C=O) groups excluding carboxylic acids is 1. The van der Waals surface area contributed by atoms with Crippen LogP contribution in [0.1, 0.15) is 25.3 Å². The molecule has 0 spiro atoms. The Morgan fingerprint density at radius 1 is 1.50 bits per heavy atom. The molecular formula is C14H16FNO2. The second kappa shape index (κ2) is 4.80. The van der Waals surface area contributed by atoms with Gasteiger partial charge in [-0.1, -0.05) is 31.7 Å². The van der Waals surface area contributed by atoms with E-state index in [1.807, 2.05) is 31.2 Å². The van der Waals surface area contributed by atoms with E-state index in [1.165, 1.54) is 0 Å². The Morgan fingerprint density at radius 3 is 2.78 bits per heavy atom. The molecule has 3 atom stereocenters. The van der Waals surface area contributed by atoms with Gasteiger partial charge < -0.3 is 10.1 Å². The van der Waals surface area contributed by atoms with Crippen LogP contribution in [0.25, 0.3) is 0 Å². The Balaban J connectivity index is 2.09. The van der Waals surface area contributed by atoms with Crippen molar-refractivity contribution in [3.05, 3.63) is 42.2 Å². The highest BCUT2D eigenvalue weighted by Gasteiger charge is 2.35. The fraction of sp³-hybridized carbons (Fsp3) is 0.357. The Bertz CT molecular complexity index is 486. The summed E-state index contributed by atoms with van der Waals surface area (Å²) in [5.74, 6) is -0.779. The Kier molecular flexibility index (Phi) is 3.36. The van der Waals surface area contributed by atoms with Gasteiger partial charge in [0.25, 0.3) is 5.91 Å². The molecule has 1 aromatic rings. The van der Waals surface area contributed by atoms with E-state index in [1.54, 1.807) is 6.92 Å². The summed E-state index contributed by atoms with van der Waals surface area (Å²) in [7, 11) is 0. The van der Waals surface area contributed by atoms with Gasteiger partial charge in [-0.05, 0) is 13.0 Å². The van der Waals surface area contributed by atoms with Crippen LogP contribution >= 0.6 is 0 Å². The highest BCUT2D eigenvalue weighted by Crippen LogP contribution is 2.38. The maximum Gasteiger partial charge on any atom is 0.279 e. The van der Waals surface area contributed by atoms with Gasteiger partial charge in [-0.15, -0.1) is 0 Å². The third kappa shape index (κ3) is 2.23. The summed E-state index contributed by atoms with van der Waals surface area (Å²) >= 11 is 0. The minimum atomic E-state index is -0.981. The standard InChI is InChI=1S/C14H16FNO2/c1-8-11-6-4-5-7-12(11)18-13(8)10(3)16-14(17)9(2)15/h4-8,10,13H,2H2,1,3H3,(H,16,17). The summed E-state index contributed by atoms with van der Waals surface area (Å²) in [5.41, 5.74) is 1.11. The van der Waals surface area contributed by atoms with Gasteiger partial charge in [0.15, 0.2) is 5.83 Å². The molecule has 96 valence electrons. The van der Waals surface area contributed by atoms with E-state index in [2.05, 4.69) is 11.9 Å². The lowest BCUT2D eigenvalue weighted by Crippen LogP contribution is -2.44. The molecule has 1 aliphatic heterocycles. The van der Waals surface area contributed by atoms with Crippen LogP contribution in [0.2, 0.25) is 0 Å². The van der Waals surface area contributed by atoms with Crippen LogP contribution in [0.5, 0.6) is 5.75 Å². The normalized spacial score (nSPS) is 22.8. The number of fused-ring (bicyclic) bond motifs is 1. The molecule has 1 aliphatic rings. The Morgan fingerprint density at radius 2 is 2.17 bits per heavy atom. The number of hydrogen-bond acceptors (Lipinski definition) is 2. The molecule has 1 amide bonds. The van der Waals surface area contributed by atoms with Crippen LogP contribution in [-0.2, 0) is 4.79 Å². The first-order valence-corrected chi connectivity index (χ1v) is 5.91. The van der Waals surface area contributed by atoms with E-state index in [0.717, 1.165) is 11.3 Å². The fourth-order valence-corrected chi connectivity index (χ4v) is 2.29. The number of benzene rings is 1. The Labute approximate surface area is 106 Å². The zero-order chi connectivity index (χ0) is 13.3. The fourth-order valence-electron chi connectivity index (χ4n) is 2.29. The van der Waals surface area contributed by atoms with Crippen LogP contribution in [0.4, 0.5) is 4.39 Å². The third-order valence-corrected chi connectivity index (χ3v) is 3.26. The predicted octanol–water partition coefficient (Wildman–Crippen LogP) is 2.54. The summed E-state index contributed by atoms with van der Waals surface area (Å²) in [6, 6.07) is 7.47. The molecule has 18 heavy (non-hydrogen) atoms. The molecule has 0 radical (unpaired) electrons. The third-order valence-electron chi connectivity index (χ3n) is 3.26. The van der Waals surface area contributed by atoms with E-state index in [9.17, 15) is 9.18 Å². The SMILES string of the molecule is C=C(F)C(=O)NC(C)C1Oc2ccccc2C1C. The lowest BCUT2D eigenvalue weighted by atomic mass is 9.94. The number of para-hydroxylation sites is 1. The highest BCUT2D eigenvalue weighted by atomic mass is 19.1. The van der Waals surface area contributed by atoms with E-state index in [4.69, 9.17) is 4.74 Å². The monoisotopic (exact) mass is 249 g/mol. The maximum atomic E-state index is 12.7. The van der Waals surface area contributed by atoms with Crippen LogP contribution in [0.15, 0.2) is 36.7 Å². The van der Waals surface area contributed by atoms with Gasteiger partial charge in [-0.2, -0.15) is 0 Å². The molecule has 2 rings (SSSR count). The van der Waals surface area contributed by atoms with Crippen molar-refractivity contribution < 1.29 is 13.9 Å². The molecular weight excluding hydrogens is 233 g/mol. The Hall–Kier alpha value is -1.84. The number of hydrogen-bond donors (Lipinski definition) is 1. The largest absolute Gasteiger partial charge is 0.487 e. The smallest absolute Gasteiger partial charge is 0.279 e. The van der Waals surface area contributed by atoms with E-state index in [0.29, 0.717) is 0 Å². The van der Waals surface area contributed by atoms with Crippen LogP contribution in [-0.4, -0.2) is 18.1 Å². The second-order valence-electron chi connectivity index (χ2n) is 4.58. The molecule has 0 saturated heterocycles. The summed E-state index contributed by atoms with van der Waals surface area (Å²) in [5, 5.41) is 2.55. The van der Waals surface area contributed by atoms with Gasteiger partial charge in [0, 0.05) is 11.5 Å². The number of carbonyl (C=O) groups is 1. The van der Waals surface area contributed by atoms with E-state index >= 15 is 0 Å². The highest BCUT2D eigenvalue weighted by molar-refractivity contribution is 5.90. The predicted molar refractivity (Wildman–Crippen MR) is 67.1 cm³/mol. The summed E-state index contributed by atoms with van der Waals surface area (Å²) in [6.45, 7) is 6.80. The molecule has 0 aromatic heterocycles. The zero-order valence-corrected chi connectivity index (χ0v) is 10.4. The first kappa shape index (κ1) is 12.6. The lowest BCUT2D eigenvalue weighted by molar-refractivity contribution is -0.120. The van der Waals surface area contributed by atoms with Crippen molar-refractivity contribution in [2.24, 2.45) is 0 Å². The van der Waals surface area contributed by atoms with E-state index < -0.39 is 11.7 Å². The van der Waals surface area contributed by atoms with Gasteiger partial charge >= 0.3 is 0 Å². The van der Waals surface area contributed by atoms with Crippen molar-refractivity contribution >= 4 is 5.91 Å². The average Bonchev–Trinajstić information content (AvgIpc) is 2.67.